The van der Waals surface area contributed by atoms with Gasteiger partial charge in [0.15, 0.2) is 0 Å². The van der Waals surface area contributed by atoms with Crippen molar-refractivity contribution in [2.45, 2.75) is 65.2 Å². The second-order valence-corrected chi connectivity index (χ2v) is 3.80. The third kappa shape index (κ3) is 11.5. The van der Waals surface area contributed by atoms with E-state index in [4.69, 9.17) is 0 Å². The molecule has 0 radical (unpaired) electrons. The summed E-state index contributed by atoms with van der Waals surface area (Å²) in [5.74, 6) is 0. The Bertz CT molecular complexity index is 142. The van der Waals surface area contributed by atoms with E-state index in [0.717, 1.165) is 0 Å². The lowest BCUT2D eigenvalue weighted by molar-refractivity contribution is 0.728. The van der Waals surface area contributed by atoms with Crippen LogP contribution in [-0.2, 0) is 0 Å². The van der Waals surface area contributed by atoms with E-state index in [1.807, 2.05) is 0 Å². The smallest absolute Gasteiger partial charge is 0.0316 e. The van der Waals surface area contributed by atoms with Crippen LogP contribution < -0.4 is 0 Å². The van der Waals surface area contributed by atoms with Gasteiger partial charge in [0, 0.05) is 0 Å². The first-order chi connectivity index (χ1) is 6.91. The average molecular weight is 194 g/mol. The zero-order valence-electron chi connectivity index (χ0n) is 9.97. The molecule has 0 heterocycles. The summed E-state index contributed by atoms with van der Waals surface area (Å²) in [5, 5.41) is 0. The van der Waals surface area contributed by atoms with E-state index in [0.29, 0.717) is 0 Å². The van der Waals surface area contributed by atoms with Gasteiger partial charge in [0.25, 0.3) is 0 Å². The lowest BCUT2D eigenvalue weighted by Crippen LogP contribution is -1.71. The predicted octanol–water partition coefficient (Wildman–Crippen LogP) is 5.26. The molecule has 0 aliphatic rings. The van der Waals surface area contributed by atoms with Crippen LogP contribution in [0.5, 0.6) is 0 Å². The highest BCUT2D eigenvalue weighted by Gasteiger charge is 1.81. The lowest BCUT2D eigenvalue weighted by Gasteiger charge is -1.91. The fourth-order valence-electron chi connectivity index (χ4n) is 1.34. The summed E-state index contributed by atoms with van der Waals surface area (Å²) >= 11 is 0. The van der Waals surface area contributed by atoms with E-state index in [9.17, 15) is 0 Å². The summed E-state index contributed by atoms with van der Waals surface area (Å²) in [7, 11) is 0. The molecule has 0 fully saturated rings. The first-order valence-electron chi connectivity index (χ1n) is 6.21. The second-order valence-electron chi connectivity index (χ2n) is 3.80. The minimum Gasteiger partial charge on any atom is -0.0885 e. The molecule has 82 valence electrons. The normalized spacial score (nSPS) is 11.9. The standard InChI is InChI=1S/C14H26/c1-3-5-7-9-11-13-14-12-10-8-6-4-2/h7,9,12,14H,3-6,8,10-11,13H2,1-2H3/b9-7-,14-12-. The molecule has 0 saturated carbocycles. The Morgan fingerprint density at radius 1 is 0.571 bits per heavy atom. The fourth-order valence-corrected chi connectivity index (χ4v) is 1.34. The van der Waals surface area contributed by atoms with Crippen molar-refractivity contribution in [3.8, 4) is 0 Å². The second kappa shape index (κ2) is 12.5. The van der Waals surface area contributed by atoms with Crippen LogP contribution in [0.4, 0.5) is 0 Å². The lowest BCUT2D eigenvalue weighted by atomic mass is 10.2. The van der Waals surface area contributed by atoms with Gasteiger partial charge >= 0.3 is 0 Å². The van der Waals surface area contributed by atoms with Crippen LogP contribution in [0.1, 0.15) is 65.2 Å². The maximum Gasteiger partial charge on any atom is -0.0316 e. The molecular formula is C14H26. The first-order valence-corrected chi connectivity index (χ1v) is 6.21. The Kier molecular flexibility index (Phi) is 12.0. The van der Waals surface area contributed by atoms with Crippen molar-refractivity contribution < 1.29 is 0 Å². The van der Waals surface area contributed by atoms with E-state index in [1.54, 1.807) is 0 Å². The monoisotopic (exact) mass is 194 g/mol. The van der Waals surface area contributed by atoms with Gasteiger partial charge in [-0.1, -0.05) is 57.4 Å². The highest BCUT2D eigenvalue weighted by molar-refractivity contribution is 4.87. The largest absolute Gasteiger partial charge is 0.0885 e. The fraction of sp³-hybridized carbons (Fsp3) is 0.714. The summed E-state index contributed by atoms with van der Waals surface area (Å²) in [6.07, 6.45) is 19.5. The molecule has 0 heteroatoms. The van der Waals surface area contributed by atoms with Gasteiger partial charge in [-0.25, -0.2) is 0 Å². The molecule has 0 aromatic rings. The van der Waals surface area contributed by atoms with E-state index < -0.39 is 0 Å². The Hall–Kier alpha value is -0.520. The van der Waals surface area contributed by atoms with Crippen LogP contribution in [0.25, 0.3) is 0 Å². The molecule has 0 atom stereocenters. The summed E-state index contributed by atoms with van der Waals surface area (Å²) < 4.78 is 0. The van der Waals surface area contributed by atoms with Crippen molar-refractivity contribution in [3.63, 3.8) is 0 Å². The minimum absolute atomic E-state index is 1.21. The third-order valence-electron chi connectivity index (χ3n) is 2.26. The van der Waals surface area contributed by atoms with Gasteiger partial charge in [-0.2, -0.15) is 0 Å². The van der Waals surface area contributed by atoms with Gasteiger partial charge in [-0.15, -0.1) is 0 Å². The van der Waals surface area contributed by atoms with Crippen molar-refractivity contribution in [2.75, 3.05) is 0 Å². The van der Waals surface area contributed by atoms with Crippen molar-refractivity contribution in [1.29, 1.82) is 0 Å². The molecule has 0 aromatic heterocycles. The number of hydrogen-bond donors (Lipinski definition) is 0. The van der Waals surface area contributed by atoms with Gasteiger partial charge in [-0.05, 0) is 32.1 Å². The van der Waals surface area contributed by atoms with Crippen LogP contribution in [0.2, 0.25) is 0 Å². The van der Waals surface area contributed by atoms with E-state index in [-0.39, 0.29) is 0 Å². The molecular weight excluding hydrogens is 168 g/mol. The molecule has 14 heavy (non-hydrogen) atoms. The Morgan fingerprint density at radius 2 is 1.14 bits per heavy atom. The summed E-state index contributed by atoms with van der Waals surface area (Å²) in [6, 6.07) is 0. The van der Waals surface area contributed by atoms with E-state index in [1.165, 1.54) is 51.4 Å². The summed E-state index contributed by atoms with van der Waals surface area (Å²) in [5.41, 5.74) is 0. The van der Waals surface area contributed by atoms with Gasteiger partial charge in [0.1, 0.15) is 0 Å². The number of allylic oxidation sites excluding steroid dienone is 4. The molecule has 0 rings (SSSR count). The average Bonchev–Trinajstić information content (AvgIpc) is 2.21. The molecule has 0 bridgehead atoms. The number of unbranched alkanes of at least 4 members (excludes halogenated alkanes) is 5. The molecule has 0 unspecified atom stereocenters. The van der Waals surface area contributed by atoms with Crippen LogP contribution >= 0.6 is 0 Å². The molecule has 0 N–H and O–H groups in total. The Balaban J connectivity index is 3.10. The topological polar surface area (TPSA) is 0 Å². The van der Waals surface area contributed by atoms with Crippen LogP contribution in [0, 0.1) is 0 Å². The quantitative estimate of drug-likeness (QED) is 0.347. The van der Waals surface area contributed by atoms with Gasteiger partial charge < -0.3 is 0 Å². The van der Waals surface area contributed by atoms with Crippen molar-refractivity contribution >= 4 is 0 Å². The SMILES string of the molecule is CCC/C=C\CC/C=C\CCCCC. The van der Waals surface area contributed by atoms with E-state index >= 15 is 0 Å². The predicted molar refractivity (Wildman–Crippen MR) is 66.6 cm³/mol. The van der Waals surface area contributed by atoms with Crippen molar-refractivity contribution in [1.82, 2.24) is 0 Å². The first kappa shape index (κ1) is 13.5. The molecule has 0 aliphatic carbocycles. The van der Waals surface area contributed by atoms with E-state index in [2.05, 4.69) is 38.2 Å². The van der Waals surface area contributed by atoms with Crippen LogP contribution in [0.15, 0.2) is 24.3 Å². The number of hydrogen-bond acceptors (Lipinski definition) is 0. The molecule has 0 nitrogen and oxygen atoms in total. The zero-order chi connectivity index (χ0) is 10.5. The molecule has 0 saturated heterocycles. The number of rotatable bonds is 9. The summed E-state index contributed by atoms with van der Waals surface area (Å²) in [4.78, 5) is 0. The van der Waals surface area contributed by atoms with Gasteiger partial charge in [0.2, 0.25) is 0 Å². The molecule has 0 aromatic carbocycles. The highest BCUT2D eigenvalue weighted by atomic mass is 13.9. The van der Waals surface area contributed by atoms with Gasteiger partial charge in [-0.3, -0.25) is 0 Å². The molecule has 0 aliphatic heterocycles. The van der Waals surface area contributed by atoms with Crippen LogP contribution in [0.3, 0.4) is 0 Å². The minimum atomic E-state index is 1.21. The summed E-state index contributed by atoms with van der Waals surface area (Å²) in [6.45, 7) is 4.47. The molecule has 0 spiro atoms. The van der Waals surface area contributed by atoms with Crippen molar-refractivity contribution in [2.24, 2.45) is 0 Å². The van der Waals surface area contributed by atoms with Gasteiger partial charge in [0.05, 0.1) is 0 Å². The van der Waals surface area contributed by atoms with Crippen LogP contribution in [-0.4, -0.2) is 0 Å². The zero-order valence-corrected chi connectivity index (χ0v) is 9.97. The molecule has 0 amide bonds. The Morgan fingerprint density at radius 3 is 1.71 bits per heavy atom. The Labute approximate surface area is 90.1 Å². The van der Waals surface area contributed by atoms with Crippen molar-refractivity contribution in [3.05, 3.63) is 24.3 Å². The highest BCUT2D eigenvalue weighted by Crippen LogP contribution is 2.01. The maximum absolute atomic E-state index is 2.34. The maximum atomic E-state index is 2.34. The third-order valence-corrected chi connectivity index (χ3v) is 2.26.